The zero-order valence-corrected chi connectivity index (χ0v) is 16.1. The van der Waals surface area contributed by atoms with Gasteiger partial charge in [-0.3, -0.25) is 4.79 Å². The van der Waals surface area contributed by atoms with Crippen molar-refractivity contribution in [2.45, 2.75) is 6.54 Å². The molecule has 1 amide bonds. The third-order valence-electron chi connectivity index (χ3n) is 4.80. The van der Waals surface area contributed by atoms with Crippen LogP contribution in [0.2, 0.25) is 0 Å². The maximum absolute atomic E-state index is 13.5. The minimum absolute atomic E-state index is 0.133. The van der Waals surface area contributed by atoms with Crippen LogP contribution in [0, 0.1) is 0 Å². The van der Waals surface area contributed by atoms with Crippen molar-refractivity contribution in [3.8, 4) is 11.4 Å². The van der Waals surface area contributed by atoms with Crippen molar-refractivity contribution in [2.24, 2.45) is 0 Å². The molecule has 0 radical (unpaired) electrons. The Bertz CT molecular complexity index is 1100. The Morgan fingerprint density at radius 2 is 1.86 bits per heavy atom. The van der Waals surface area contributed by atoms with Gasteiger partial charge in [-0.1, -0.05) is 30.3 Å². The molecule has 2 heterocycles. The number of rotatable bonds is 7. The first kappa shape index (κ1) is 18.8. The molecule has 0 saturated carbocycles. The average Bonchev–Trinajstić information content (AvgIpc) is 3.40. The van der Waals surface area contributed by atoms with Crippen LogP contribution in [0.15, 0.2) is 77.5 Å². The first-order valence-electron chi connectivity index (χ1n) is 9.39. The van der Waals surface area contributed by atoms with Gasteiger partial charge >= 0.3 is 0 Å². The molecule has 2 aromatic heterocycles. The van der Waals surface area contributed by atoms with E-state index < -0.39 is 0 Å². The van der Waals surface area contributed by atoms with Crippen molar-refractivity contribution in [2.75, 3.05) is 20.3 Å². The van der Waals surface area contributed by atoms with E-state index in [1.165, 1.54) is 0 Å². The highest BCUT2D eigenvalue weighted by Crippen LogP contribution is 2.33. The van der Waals surface area contributed by atoms with E-state index in [9.17, 15) is 9.90 Å². The largest absolute Gasteiger partial charge is 0.497 e. The van der Waals surface area contributed by atoms with E-state index in [1.807, 2.05) is 65.5 Å². The monoisotopic (exact) mass is 390 g/mol. The predicted octanol–water partition coefficient (Wildman–Crippen LogP) is 3.87. The molecule has 0 fully saturated rings. The van der Waals surface area contributed by atoms with Crippen molar-refractivity contribution in [1.82, 2.24) is 9.47 Å². The number of amides is 1. The molecule has 29 heavy (non-hydrogen) atoms. The second kappa shape index (κ2) is 8.24. The van der Waals surface area contributed by atoms with E-state index in [2.05, 4.69) is 0 Å². The molecule has 6 heteroatoms. The molecule has 2 aromatic carbocycles. The molecule has 0 atom stereocenters. The lowest BCUT2D eigenvalue weighted by molar-refractivity contribution is 0.0678. The van der Waals surface area contributed by atoms with Gasteiger partial charge in [0.2, 0.25) is 5.76 Å². The fourth-order valence-corrected chi connectivity index (χ4v) is 3.40. The van der Waals surface area contributed by atoms with Gasteiger partial charge in [0.25, 0.3) is 5.91 Å². The van der Waals surface area contributed by atoms with E-state index >= 15 is 0 Å². The Labute approximate surface area is 168 Å². The quantitative estimate of drug-likeness (QED) is 0.520. The lowest BCUT2D eigenvalue weighted by atomic mass is 10.1. The van der Waals surface area contributed by atoms with Gasteiger partial charge in [-0.15, -0.1) is 0 Å². The number of aromatic nitrogens is 1. The minimum atomic E-state index is -0.276. The summed E-state index contributed by atoms with van der Waals surface area (Å²) in [5.41, 5.74) is 2.24. The van der Waals surface area contributed by atoms with Crippen LogP contribution >= 0.6 is 0 Å². The summed E-state index contributed by atoms with van der Waals surface area (Å²) >= 11 is 0. The number of hydrogen-bond donors (Lipinski definition) is 1. The molecule has 0 aliphatic rings. The fraction of sp³-hybridized carbons (Fsp3) is 0.174. The van der Waals surface area contributed by atoms with Gasteiger partial charge in [-0.2, -0.15) is 0 Å². The number of furan rings is 1. The van der Waals surface area contributed by atoms with Crippen LogP contribution in [0.1, 0.15) is 16.1 Å². The molecule has 148 valence electrons. The molecule has 0 saturated heterocycles. The summed E-state index contributed by atoms with van der Waals surface area (Å²) in [6.45, 7) is 0.455. The van der Waals surface area contributed by atoms with Gasteiger partial charge in [-0.25, -0.2) is 0 Å². The number of aliphatic hydroxyl groups is 1. The van der Waals surface area contributed by atoms with Gasteiger partial charge in [0, 0.05) is 30.9 Å². The fourth-order valence-electron chi connectivity index (χ4n) is 3.40. The summed E-state index contributed by atoms with van der Waals surface area (Å²) in [6, 6.07) is 18.9. The van der Waals surface area contributed by atoms with E-state index in [4.69, 9.17) is 9.15 Å². The molecule has 0 spiro atoms. The summed E-state index contributed by atoms with van der Waals surface area (Å²) < 4.78 is 13.2. The zero-order chi connectivity index (χ0) is 20.2. The molecular formula is C23H22N2O4. The highest BCUT2D eigenvalue weighted by atomic mass is 16.5. The first-order chi connectivity index (χ1) is 14.2. The third-order valence-corrected chi connectivity index (χ3v) is 4.80. The number of nitrogens with zero attached hydrogens (tertiary/aromatic N) is 2. The Hall–Kier alpha value is -3.51. The smallest absolute Gasteiger partial charge is 0.292 e. The van der Waals surface area contributed by atoms with E-state index in [-0.39, 0.29) is 24.8 Å². The lowest BCUT2D eigenvalue weighted by Gasteiger charge is -2.21. The highest BCUT2D eigenvalue weighted by molar-refractivity contribution is 6.03. The molecule has 0 unspecified atom stereocenters. The third kappa shape index (κ3) is 3.75. The Morgan fingerprint density at radius 3 is 2.55 bits per heavy atom. The van der Waals surface area contributed by atoms with Crippen molar-refractivity contribution >= 4 is 16.9 Å². The molecule has 0 aliphatic carbocycles. The highest BCUT2D eigenvalue weighted by Gasteiger charge is 2.26. The topological polar surface area (TPSA) is 67.8 Å². The van der Waals surface area contributed by atoms with Gasteiger partial charge in [0.05, 0.1) is 13.7 Å². The second-order valence-electron chi connectivity index (χ2n) is 6.67. The molecule has 4 aromatic rings. The van der Waals surface area contributed by atoms with E-state index in [1.54, 1.807) is 24.1 Å². The van der Waals surface area contributed by atoms with Crippen LogP contribution in [-0.4, -0.2) is 40.7 Å². The summed E-state index contributed by atoms with van der Waals surface area (Å²) in [4.78, 5) is 15.1. The number of hydrogen-bond acceptors (Lipinski definition) is 4. The van der Waals surface area contributed by atoms with Crippen LogP contribution in [0.3, 0.4) is 0 Å². The molecule has 0 bridgehead atoms. The molecule has 4 rings (SSSR count). The average molecular weight is 390 g/mol. The molecule has 6 nitrogen and oxygen atoms in total. The Balaban J connectivity index is 1.80. The van der Waals surface area contributed by atoms with Crippen molar-refractivity contribution < 1.29 is 19.1 Å². The van der Waals surface area contributed by atoms with Gasteiger partial charge < -0.3 is 23.7 Å². The molecule has 1 N–H and O–H groups in total. The van der Waals surface area contributed by atoms with Crippen LogP contribution < -0.4 is 4.74 Å². The maximum Gasteiger partial charge on any atom is 0.292 e. The van der Waals surface area contributed by atoms with Crippen LogP contribution in [0.4, 0.5) is 0 Å². The first-order valence-corrected chi connectivity index (χ1v) is 9.39. The number of carbonyl (C=O) groups excluding carboxylic acids is 1. The second-order valence-corrected chi connectivity index (χ2v) is 6.67. The van der Waals surface area contributed by atoms with Gasteiger partial charge in [0.1, 0.15) is 17.0 Å². The van der Waals surface area contributed by atoms with Crippen molar-refractivity contribution in [1.29, 1.82) is 0 Å². The van der Waals surface area contributed by atoms with Gasteiger partial charge in [0.15, 0.2) is 0 Å². The van der Waals surface area contributed by atoms with Crippen LogP contribution in [0.25, 0.3) is 16.7 Å². The Morgan fingerprint density at radius 1 is 1.10 bits per heavy atom. The summed E-state index contributed by atoms with van der Waals surface area (Å²) in [6.07, 6.45) is 3.74. The van der Waals surface area contributed by atoms with Crippen molar-refractivity contribution in [3.05, 3.63) is 84.4 Å². The number of benzene rings is 2. The number of carbonyl (C=O) groups is 1. The van der Waals surface area contributed by atoms with E-state index in [0.717, 1.165) is 10.9 Å². The van der Waals surface area contributed by atoms with E-state index in [0.29, 0.717) is 23.6 Å². The summed E-state index contributed by atoms with van der Waals surface area (Å²) in [5.74, 6) is 0.637. The number of aliphatic hydroxyl groups excluding tert-OH is 1. The van der Waals surface area contributed by atoms with Gasteiger partial charge in [-0.05, 0) is 35.9 Å². The summed E-state index contributed by atoms with van der Waals surface area (Å²) in [5, 5.41) is 10.3. The zero-order valence-electron chi connectivity index (χ0n) is 16.1. The predicted molar refractivity (Wildman–Crippen MR) is 110 cm³/mol. The SMILES string of the molecule is COc1ccc2oc(C(=O)N(CCO)Cc3ccccc3)c(-n3cccc3)c2c1. The number of fused-ring (bicyclic) bond motifs is 1. The Kier molecular flexibility index (Phi) is 5.35. The summed E-state index contributed by atoms with van der Waals surface area (Å²) in [7, 11) is 1.60. The normalized spacial score (nSPS) is 11.0. The minimum Gasteiger partial charge on any atom is -0.497 e. The lowest BCUT2D eigenvalue weighted by Crippen LogP contribution is -2.33. The molecular weight excluding hydrogens is 368 g/mol. The van der Waals surface area contributed by atoms with Crippen LogP contribution in [-0.2, 0) is 6.54 Å². The number of methoxy groups -OCH3 is 1. The van der Waals surface area contributed by atoms with Crippen molar-refractivity contribution in [3.63, 3.8) is 0 Å². The number of ether oxygens (including phenoxy) is 1. The standard InChI is InChI=1S/C23H22N2O4/c1-28-18-9-10-20-19(15-18)21(24-11-5-6-12-24)22(29-20)23(27)25(13-14-26)16-17-7-3-2-4-8-17/h2-12,15,26H,13-14,16H2,1H3. The van der Waals surface area contributed by atoms with Crippen LogP contribution in [0.5, 0.6) is 5.75 Å². The molecule has 0 aliphatic heterocycles. The maximum atomic E-state index is 13.5.